The first-order chi connectivity index (χ1) is 18.7. The highest BCUT2D eigenvalue weighted by Crippen LogP contribution is 2.42. The van der Waals surface area contributed by atoms with Gasteiger partial charge in [0.05, 0.1) is 17.8 Å². The average Bonchev–Trinajstić information content (AvgIpc) is 3.56. The summed E-state index contributed by atoms with van der Waals surface area (Å²) in [5.41, 5.74) is 3.18. The number of nitrogens with zero attached hydrogens (tertiary/aromatic N) is 6. The summed E-state index contributed by atoms with van der Waals surface area (Å²) in [5.74, 6) is 0. The maximum absolute atomic E-state index is 12.9. The number of nitrogens with one attached hydrogen (secondary N) is 1. The van der Waals surface area contributed by atoms with E-state index >= 15 is 0 Å². The molecule has 5 heterocycles. The minimum Gasteiger partial charge on any atom is -0.366 e. The van der Waals surface area contributed by atoms with Crippen LogP contribution >= 0.6 is 24.0 Å². The van der Waals surface area contributed by atoms with E-state index in [2.05, 4.69) is 20.3 Å². The van der Waals surface area contributed by atoms with E-state index in [1.165, 1.54) is 6.33 Å². The maximum atomic E-state index is 12.9. The van der Waals surface area contributed by atoms with Crippen LogP contribution in [0, 0.1) is 0 Å². The highest BCUT2D eigenvalue weighted by molar-refractivity contribution is 6.31. The molecule has 0 amide bonds. The number of alkyl halides is 3. The number of benzene rings is 1. The van der Waals surface area contributed by atoms with Gasteiger partial charge in [0.2, 0.25) is 0 Å². The van der Waals surface area contributed by atoms with Gasteiger partial charge in [0.25, 0.3) is 5.56 Å². The van der Waals surface area contributed by atoms with Crippen molar-refractivity contribution >= 4 is 35.2 Å². The largest absolute Gasteiger partial charge is 0.406 e. The van der Waals surface area contributed by atoms with Crippen molar-refractivity contribution in [3.63, 3.8) is 0 Å². The first kappa shape index (κ1) is 28.2. The molecule has 14 heteroatoms. The molecule has 9 nitrogen and oxygen atoms in total. The molecule has 4 aromatic rings. The van der Waals surface area contributed by atoms with Gasteiger partial charge in [-0.1, -0.05) is 11.6 Å². The molecule has 0 saturated carbocycles. The van der Waals surface area contributed by atoms with E-state index in [0.717, 1.165) is 72.5 Å². The molecule has 1 unspecified atom stereocenters. The van der Waals surface area contributed by atoms with E-state index < -0.39 is 24.0 Å². The Bertz CT molecular complexity index is 1680. The zero-order valence-corrected chi connectivity index (χ0v) is 22.8. The predicted octanol–water partition coefficient (Wildman–Crippen LogP) is 3.52. The van der Waals surface area contributed by atoms with Gasteiger partial charge in [-0.3, -0.25) is 13.9 Å². The van der Waals surface area contributed by atoms with Crippen molar-refractivity contribution in [2.45, 2.75) is 44.6 Å². The third-order valence-corrected chi connectivity index (χ3v) is 7.53. The van der Waals surface area contributed by atoms with Crippen molar-refractivity contribution in [2.75, 3.05) is 24.5 Å². The van der Waals surface area contributed by atoms with Gasteiger partial charge in [-0.15, -0.1) is 12.4 Å². The van der Waals surface area contributed by atoms with Crippen molar-refractivity contribution in [1.82, 2.24) is 29.0 Å². The summed E-state index contributed by atoms with van der Waals surface area (Å²) in [5, 5.41) is 8.34. The van der Waals surface area contributed by atoms with Gasteiger partial charge in [-0.25, -0.2) is 14.3 Å². The van der Waals surface area contributed by atoms with Crippen LogP contribution in [0.1, 0.15) is 24.0 Å². The quantitative estimate of drug-likeness (QED) is 0.380. The smallest absolute Gasteiger partial charge is 0.366 e. The van der Waals surface area contributed by atoms with Gasteiger partial charge >= 0.3 is 11.9 Å². The van der Waals surface area contributed by atoms with Crippen LogP contribution in [-0.2, 0) is 19.5 Å². The number of aromatic nitrogens is 5. The Morgan fingerprint density at radius 3 is 2.75 bits per heavy atom. The minimum absolute atomic E-state index is 0. The predicted molar refractivity (Wildman–Crippen MR) is 148 cm³/mol. The summed E-state index contributed by atoms with van der Waals surface area (Å²) < 4.78 is 41.6. The molecule has 1 aromatic carbocycles. The summed E-state index contributed by atoms with van der Waals surface area (Å²) >= 11 is 6.56. The lowest BCUT2D eigenvalue weighted by molar-refractivity contribution is -0.141. The lowest BCUT2D eigenvalue weighted by atomic mass is 9.94. The molecule has 1 saturated heterocycles. The van der Waals surface area contributed by atoms with Gasteiger partial charge < -0.3 is 10.2 Å². The molecule has 6 rings (SSSR count). The topological polar surface area (TPSA) is 89.5 Å². The molecule has 0 aliphatic carbocycles. The van der Waals surface area contributed by atoms with Crippen LogP contribution in [0.5, 0.6) is 0 Å². The third kappa shape index (κ3) is 5.35. The first-order valence-corrected chi connectivity index (χ1v) is 13.1. The summed E-state index contributed by atoms with van der Waals surface area (Å²) in [4.78, 5) is 32.2. The Balaban J connectivity index is 0.00000323. The second-order valence-electron chi connectivity index (χ2n) is 9.96. The molecule has 2 aliphatic heterocycles. The Kier molecular flexibility index (Phi) is 7.68. The lowest BCUT2D eigenvalue weighted by Crippen LogP contribution is -2.41. The molecular formula is C26H26Cl2F3N7O2. The average molecular weight is 596 g/mol. The van der Waals surface area contributed by atoms with Crippen molar-refractivity contribution < 1.29 is 13.2 Å². The molecule has 1 N–H and O–H groups in total. The van der Waals surface area contributed by atoms with Crippen molar-refractivity contribution in [3.8, 4) is 11.3 Å². The normalized spacial score (nSPS) is 17.2. The van der Waals surface area contributed by atoms with Gasteiger partial charge in [0.1, 0.15) is 12.9 Å². The summed E-state index contributed by atoms with van der Waals surface area (Å²) in [6, 6.07) is 6.96. The summed E-state index contributed by atoms with van der Waals surface area (Å²) in [6.07, 6.45) is 2.29. The van der Waals surface area contributed by atoms with Crippen molar-refractivity contribution in [3.05, 3.63) is 80.0 Å². The summed E-state index contributed by atoms with van der Waals surface area (Å²) in [7, 11) is 0. The van der Waals surface area contributed by atoms with E-state index in [9.17, 15) is 22.8 Å². The molecule has 0 bridgehead atoms. The fourth-order valence-electron chi connectivity index (χ4n) is 5.66. The Morgan fingerprint density at radius 2 is 2.00 bits per heavy atom. The molecule has 0 spiro atoms. The number of hydrogen-bond donors (Lipinski definition) is 1. The zero-order valence-electron chi connectivity index (χ0n) is 21.2. The SMILES string of the molecule is Cl.O=c1ccn(CC(F)(F)F)c(=O)n1Cc1cc2c(-c3cc(Cl)cc4c3N(C3CCNC3)CCC4)ncnn2c1. The van der Waals surface area contributed by atoms with E-state index in [1.807, 2.05) is 12.1 Å². The minimum atomic E-state index is -4.60. The fourth-order valence-corrected chi connectivity index (χ4v) is 5.90. The molecule has 40 heavy (non-hydrogen) atoms. The van der Waals surface area contributed by atoms with Crippen molar-refractivity contribution in [1.29, 1.82) is 0 Å². The Morgan fingerprint density at radius 1 is 1.18 bits per heavy atom. The number of aryl methyl sites for hydroxylation is 1. The van der Waals surface area contributed by atoms with E-state index in [-0.39, 0.29) is 19.0 Å². The number of halogens is 5. The van der Waals surface area contributed by atoms with E-state index in [1.54, 1.807) is 16.8 Å². The van der Waals surface area contributed by atoms with Crippen LogP contribution in [0.25, 0.3) is 16.8 Å². The van der Waals surface area contributed by atoms with Crippen LogP contribution in [-0.4, -0.2) is 55.6 Å². The zero-order chi connectivity index (χ0) is 27.3. The Labute approximate surface area is 237 Å². The number of hydrogen-bond acceptors (Lipinski definition) is 6. The van der Waals surface area contributed by atoms with E-state index in [4.69, 9.17) is 11.6 Å². The molecule has 1 fully saturated rings. The molecule has 2 aliphatic rings. The van der Waals surface area contributed by atoms with Gasteiger partial charge in [-0.05, 0) is 55.1 Å². The molecule has 3 aromatic heterocycles. The third-order valence-electron chi connectivity index (χ3n) is 7.31. The standard InChI is InChI=1S/C26H25ClF3N7O2.ClH/c27-18-9-17-2-1-6-35(19-3-5-31-11-19)24(17)20(10-18)23-21-8-16(13-37(21)33-15-32-23)12-36-22(38)4-7-34(25(36)39)14-26(28,29)30;/h4,7-10,13,15,19,31H,1-3,5-6,11-12,14H2;1H. The van der Waals surface area contributed by atoms with Crippen molar-refractivity contribution in [2.24, 2.45) is 0 Å². The molecule has 1 atom stereocenters. The second-order valence-corrected chi connectivity index (χ2v) is 10.4. The molecule has 212 valence electrons. The second kappa shape index (κ2) is 10.9. The highest BCUT2D eigenvalue weighted by Gasteiger charge is 2.31. The highest BCUT2D eigenvalue weighted by atomic mass is 35.5. The van der Waals surface area contributed by atoms with E-state index in [0.29, 0.717) is 32.4 Å². The van der Waals surface area contributed by atoms with Crippen LogP contribution in [0.4, 0.5) is 18.9 Å². The monoisotopic (exact) mass is 595 g/mol. The summed E-state index contributed by atoms with van der Waals surface area (Å²) in [6.45, 7) is 1.08. The Hall–Kier alpha value is -3.35. The number of anilines is 1. The number of rotatable bonds is 5. The van der Waals surface area contributed by atoms with Crippen LogP contribution in [0.3, 0.4) is 0 Å². The maximum Gasteiger partial charge on any atom is 0.406 e. The van der Waals surface area contributed by atoms with Gasteiger partial charge in [0.15, 0.2) is 0 Å². The van der Waals surface area contributed by atoms with Crippen LogP contribution in [0.15, 0.2) is 52.6 Å². The van der Waals surface area contributed by atoms with Crippen LogP contribution < -0.4 is 21.5 Å². The fraction of sp³-hybridized carbons (Fsp3) is 0.385. The lowest BCUT2D eigenvalue weighted by Gasteiger charge is -2.37. The van der Waals surface area contributed by atoms with Gasteiger partial charge in [-0.2, -0.15) is 18.3 Å². The first-order valence-electron chi connectivity index (χ1n) is 12.7. The molecule has 0 radical (unpaired) electrons. The molecular weight excluding hydrogens is 570 g/mol. The van der Waals surface area contributed by atoms with Gasteiger partial charge in [0, 0.05) is 53.9 Å². The number of fused-ring (bicyclic) bond motifs is 2. The van der Waals surface area contributed by atoms with Crippen LogP contribution in [0.2, 0.25) is 5.02 Å².